The summed E-state index contributed by atoms with van der Waals surface area (Å²) in [5, 5.41) is 0.755. The molecule has 0 saturated carbocycles. The molecule has 1 aromatic rings. The summed E-state index contributed by atoms with van der Waals surface area (Å²) in [5.74, 6) is 0.229. The number of hydrogen-bond acceptors (Lipinski definition) is 5. The second kappa shape index (κ2) is 4.10. The second-order valence-electron chi connectivity index (χ2n) is 4.41. The van der Waals surface area contributed by atoms with Crippen molar-refractivity contribution < 1.29 is 9.59 Å². The number of anilines is 1. The van der Waals surface area contributed by atoms with E-state index >= 15 is 0 Å². The van der Waals surface area contributed by atoms with Crippen molar-refractivity contribution in [1.29, 1.82) is 0 Å². The van der Waals surface area contributed by atoms with Crippen molar-refractivity contribution in [3.63, 3.8) is 0 Å². The van der Waals surface area contributed by atoms with Gasteiger partial charge in [0.15, 0.2) is 10.9 Å². The summed E-state index contributed by atoms with van der Waals surface area (Å²) in [6.45, 7) is 0.600. The van der Waals surface area contributed by atoms with Crippen LogP contribution < -0.4 is 4.90 Å². The quantitative estimate of drug-likeness (QED) is 0.789. The first-order valence-corrected chi connectivity index (χ1v) is 7.00. The van der Waals surface area contributed by atoms with Crippen molar-refractivity contribution in [3.05, 3.63) is 10.6 Å². The number of aromatic nitrogens is 1. The molecule has 0 spiro atoms. The number of fused-ring (bicyclic) bond motifs is 1. The van der Waals surface area contributed by atoms with E-state index in [1.54, 1.807) is 4.90 Å². The number of Topliss-reactive ketones (excluding diaryl/α,β-unsaturated/α-hetero) is 1. The molecule has 17 heavy (non-hydrogen) atoms. The maximum Gasteiger partial charge on any atom is 0.229 e. The molecule has 2 heterocycles. The van der Waals surface area contributed by atoms with E-state index < -0.39 is 0 Å². The average molecular weight is 268 g/mol. The van der Waals surface area contributed by atoms with E-state index in [1.165, 1.54) is 11.3 Å². The van der Waals surface area contributed by atoms with E-state index in [0.29, 0.717) is 24.5 Å². The average Bonchev–Trinajstić information content (AvgIpc) is 2.82. The van der Waals surface area contributed by atoms with Crippen LogP contribution in [0.2, 0.25) is 0 Å². The summed E-state index contributed by atoms with van der Waals surface area (Å²) >= 11 is 5.67. The lowest BCUT2D eigenvalue weighted by Crippen LogP contribution is -2.24. The van der Waals surface area contributed by atoms with E-state index in [-0.39, 0.29) is 16.9 Å². The lowest BCUT2D eigenvalue weighted by molar-refractivity contribution is -0.117. The molecule has 4 nitrogen and oxygen atoms in total. The highest BCUT2D eigenvalue weighted by atomic mass is 32.1. The van der Waals surface area contributed by atoms with Gasteiger partial charge in [-0.05, 0) is 12.8 Å². The van der Waals surface area contributed by atoms with Gasteiger partial charge in [-0.3, -0.25) is 14.5 Å². The van der Waals surface area contributed by atoms with Gasteiger partial charge in [-0.25, -0.2) is 4.98 Å². The number of amides is 1. The van der Waals surface area contributed by atoms with Crippen molar-refractivity contribution in [1.82, 2.24) is 4.98 Å². The third-order valence-corrected chi connectivity index (χ3v) is 4.60. The van der Waals surface area contributed by atoms with Crippen LogP contribution >= 0.6 is 24.0 Å². The van der Waals surface area contributed by atoms with Crippen molar-refractivity contribution in [2.45, 2.75) is 30.9 Å². The molecule has 2 aliphatic rings. The summed E-state index contributed by atoms with van der Waals surface area (Å²) in [5.41, 5.74) is 0.872. The number of hydrogen-bond donors (Lipinski definition) is 1. The zero-order chi connectivity index (χ0) is 12.0. The Morgan fingerprint density at radius 2 is 2.18 bits per heavy atom. The molecular formula is C11H12N2O2S2. The highest BCUT2D eigenvalue weighted by Gasteiger charge is 2.32. The first kappa shape index (κ1) is 11.2. The first-order valence-electron chi connectivity index (χ1n) is 5.66. The standard InChI is InChI=1S/C11H12N2O2S2/c14-8-3-1-2-7-10(8)17-11(12-7)13-5-6(16)4-9(13)15/h6,16H,1-5H2. The number of nitrogens with zero attached hydrogens (tertiary/aromatic N) is 2. The lowest BCUT2D eigenvalue weighted by atomic mass is 10.0. The van der Waals surface area contributed by atoms with E-state index in [1.807, 2.05) is 0 Å². The summed E-state index contributed by atoms with van der Waals surface area (Å²) in [7, 11) is 0. The van der Waals surface area contributed by atoms with E-state index in [9.17, 15) is 9.59 Å². The van der Waals surface area contributed by atoms with Crippen LogP contribution in [0.25, 0.3) is 0 Å². The van der Waals surface area contributed by atoms with Crippen molar-refractivity contribution in [3.8, 4) is 0 Å². The van der Waals surface area contributed by atoms with Crippen LogP contribution in [0.1, 0.15) is 34.6 Å². The van der Waals surface area contributed by atoms with E-state index in [2.05, 4.69) is 17.6 Å². The smallest absolute Gasteiger partial charge is 0.229 e. The van der Waals surface area contributed by atoms with Crippen LogP contribution in [-0.4, -0.2) is 28.5 Å². The zero-order valence-corrected chi connectivity index (χ0v) is 10.9. The van der Waals surface area contributed by atoms with Gasteiger partial charge in [-0.2, -0.15) is 12.6 Å². The van der Waals surface area contributed by atoms with Crippen LogP contribution in [0.5, 0.6) is 0 Å². The van der Waals surface area contributed by atoms with Gasteiger partial charge in [0.2, 0.25) is 5.91 Å². The SMILES string of the molecule is O=C1CCCc2nc(N3CC(S)CC3=O)sc21. The number of carbonyl (C=O) groups excluding carboxylic acids is 2. The first-order chi connectivity index (χ1) is 8.15. The van der Waals surface area contributed by atoms with Crippen molar-refractivity contribution in [2.24, 2.45) is 0 Å². The molecular weight excluding hydrogens is 256 g/mol. The molecule has 1 unspecified atom stereocenters. The second-order valence-corrected chi connectivity index (χ2v) is 6.12. The fourth-order valence-corrected chi connectivity index (χ4v) is 3.67. The van der Waals surface area contributed by atoms with Crippen LogP contribution in [0.4, 0.5) is 5.13 Å². The summed E-state index contributed by atoms with van der Waals surface area (Å²) in [6, 6.07) is 0. The number of rotatable bonds is 1. The molecule has 1 aromatic heterocycles. The number of aryl methyl sites for hydroxylation is 1. The van der Waals surface area contributed by atoms with Gasteiger partial charge in [0.25, 0.3) is 0 Å². The zero-order valence-electron chi connectivity index (χ0n) is 9.18. The fourth-order valence-electron chi connectivity index (χ4n) is 2.25. The number of thiol groups is 1. The third-order valence-electron chi connectivity index (χ3n) is 3.09. The highest BCUT2D eigenvalue weighted by Crippen LogP contribution is 2.34. The van der Waals surface area contributed by atoms with Gasteiger partial charge in [-0.1, -0.05) is 11.3 Å². The molecule has 1 atom stereocenters. The van der Waals surface area contributed by atoms with Crippen LogP contribution in [0.15, 0.2) is 0 Å². The maximum absolute atomic E-state index is 11.7. The molecule has 1 aliphatic heterocycles. The predicted molar refractivity (Wildman–Crippen MR) is 69.1 cm³/mol. The van der Waals surface area contributed by atoms with E-state index in [4.69, 9.17) is 0 Å². The topological polar surface area (TPSA) is 50.3 Å². The van der Waals surface area contributed by atoms with Gasteiger partial charge in [0.05, 0.1) is 10.6 Å². The van der Waals surface area contributed by atoms with Crippen LogP contribution in [0.3, 0.4) is 0 Å². The number of ketones is 1. The molecule has 0 radical (unpaired) electrons. The van der Waals surface area contributed by atoms with Gasteiger partial charge >= 0.3 is 0 Å². The number of carbonyl (C=O) groups is 2. The Morgan fingerprint density at radius 1 is 1.35 bits per heavy atom. The molecule has 0 bridgehead atoms. The molecule has 0 aromatic carbocycles. The largest absolute Gasteiger partial charge is 0.293 e. The number of thiazole rings is 1. The maximum atomic E-state index is 11.7. The normalized spacial score (nSPS) is 24.3. The van der Waals surface area contributed by atoms with Gasteiger partial charge < -0.3 is 0 Å². The molecule has 3 rings (SSSR count). The Morgan fingerprint density at radius 3 is 2.82 bits per heavy atom. The van der Waals surface area contributed by atoms with E-state index in [0.717, 1.165) is 23.4 Å². The Balaban J connectivity index is 1.94. The molecule has 1 amide bonds. The van der Waals surface area contributed by atoms with Crippen molar-refractivity contribution in [2.75, 3.05) is 11.4 Å². The molecule has 6 heteroatoms. The van der Waals surface area contributed by atoms with Gasteiger partial charge in [0.1, 0.15) is 0 Å². The van der Waals surface area contributed by atoms with Gasteiger partial charge in [0, 0.05) is 24.6 Å². The third kappa shape index (κ3) is 1.89. The minimum absolute atomic E-state index is 0.0588. The summed E-state index contributed by atoms with van der Waals surface area (Å²) < 4.78 is 0. The van der Waals surface area contributed by atoms with Crippen LogP contribution in [-0.2, 0) is 11.2 Å². The molecule has 0 N–H and O–H groups in total. The Hall–Kier alpha value is -0.880. The fraction of sp³-hybridized carbons (Fsp3) is 0.545. The minimum Gasteiger partial charge on any atom is -0.293 e. The predicted octanol–water partition coefficient (Wildman–Crippen LogP) is 1.70. The molecule has 1 fully saturated rings. The molecule has 1 aliphatic carbocycles. The highest BCUT2D eigenvalue weighted by molar-refractivity contribution is 7.81. The molecule has 1 saturated heterocycles. The molecule has 90 valence electrons. The summed E-state index contributed by atoms with van der Waals surface area (Å²) in [4.78, 5) is 30.3. The Bertz CT molecular complexity index is 498. The summed E-state index contributed by atoms with van der Waals surface area (Å²) in [6.07, 6.45) is 2.79. The van der Waals surface area contributed by atoms with Crippen molar-refractivity contribution >= 4 is 40.8 Å². The Kier molecular flexibility index (Phi) is 2.71. The lowest BCUT2D eigenvalue weighted by Gasteiger charge is -2.10. The minimum atomic E-state index is 0.0588. The monoisotopic (exact) mass is 268 g/mol. The van der Waals surface area contributed by atoms with Crippen LogP contribution in [0, 0.1) is 0 Å². The Labute approximate surface area is 108 Å². The van der Waals surface area contributed by atoms with Gasteiger partial charge in [-0.15, -0.1) is 0 Å².